The minimum absolute atomic E-state index is 0.344. The second-order valence-electron chi connectivity index (χ2n) is 9.71. The van der Waals surface area contributed by atoms with Crippen LogP contribution in [0.1, 0.15) is 36.0 Å². The van der Waals surface area contributed by atoms with Gasteiger partial charge in [-0.25, -0.2) is 0 Å². The van der Waals surface area contributed by atoms with E-state index in [-0.39, 0.29) is 0 Å². The van der Waals surface area contributed by atoms with E-state index in [9.17, 15) is 5.11 Å². The van der Waals surface area contributed by atoms with Crippen LogP contribution < -0.4 is 5.48 Å². The van der Waals surface area contributed by atoms with E-state index in [4.69, 9.17) is 32.8 Å². The molecule has 0 spiro atoms. The van der Waals surface area contributed by atoms with Gasteiger partial charge in [0.15, 0.2) is 0 Å². The van der Waals surface area contributed by atoms with Crippen molar-refractivity contribution < 1.29 is 14.7 Å². The predicted molar refractivity (Wildman–Crippen MR) is 160 cm³/mol. The Morgan fingerprint density at radius 1 is 0.974 bits per heavy atom. The zero-order valence-electron chi connectivity index (χ0n) is 22.3. The number of ether oxygens (including phenoxy) is 1. The molecule has 1 saturated heterocycles. The van der Waals surface area contributed by atoms with Gasteiger partial charge in [0.2, 0.25) is 0 Å². The fourth-order valence-electron chi connectivity index (χ4n) is 4.89. The minimum Gasteiger partial charge on any atom is -0.385 e. The zero-order valence-corrected chi connectivity index (χ0v) is 23.8. The van der Waals surface area contributed by atoms with Crippen molar-refractivity contribution >= 4 is 34.9 Å². The van der Waals surface area contributed by atoms with Gasteiger partial charge in [0.1, 0.15) is 0 Å². The molecule has 0 bridgehead atoms. The molecule has 5 nitrogen and oxygen atoms in total. The Morgan fingerprint density at radius 2 is 1.67 bits per heavy atom. The molecule has 3 aromatic rings. The molecular weight excluding hydrogens is 531 g/mol. The molecule has 0 unspecified atom stereocenters. The summed E-state index contributed by atoms with van der Waals surface area (Å²) in [4.78, 5) is 7.73. The number of likely N-dealkylation sites (tertiary alicyclic amines) is 1. The van der Waals surface area contributed by atoms with Gasteiger partial charge in [-0.15, -0.1) is 0 Å². The van der Waals surface area contributed by atoms with Gasteiger partial charge in [-0.05, 0) is 53.7 Å². The number of halogens is 2. The van der Waals surface area contributed by atoms with Gasteiger partial charge in [-0.1, -0.05) is 102 Å². The summed E-state index contributed by atoms with van der Waals surface area (Å²) in [5.41, 5.74) is 7.23. The van der Waals surface area contributed by atoms with Gasteiger partial charge in [-0.2, -0.15) is 0 Å². The highest BCUT2D eigenvalue weighted by Crippen LogP contribution is 2.34. The molecule has 1 heterocycles. The summed E-state index contributed by atoms with van der Waals surface area (Å²) >= 11 is 12.6. The Balaban J connectivity index is 1.45. The monoisotopic (exact) mass is 566 g/mol. The smallest absolute Gasteiger partial charge is 0.0920 e. The molecule has 2 N–H and O–H groups in total. The van der Waals surface area contributed by atoms with Gasteiger partial charge in [0, 0.05) is 19.6 Å². The quantitative estimate of drug-likeness (QED) is 0.183. The first-order chi connectivity index (χ1) is 19.0. The highest BCUT2D eigenvalue weighted by atomic mass is 35.5. The average Bonchev–Trinajstić information content (AvgIpc) is 2.96. The first-order valence-corrected chi connectivity index (χ1v) is 14.0. The summed E-state index contributed by atoms with van der Waals surface area (Å²) in [5, 5.41) is 12.2. The van der Waals surface area contributed by atoms with Crippen LogP contribution >= 0.6 is 23.2 Å². The van der Waals surface area contributed by atoms with E-state index in [1.807, 2.05) is 78.9 Å². The standard InChI is InChI=1S/C32H36Cl2N2O3/c1-38-35-31(24-39-22-8-11-25-9-4-2-5-10-25)28(26-14-15-29(33)30(34)23-26)16-19-36-20-17-32(37,18-21-36)27-12-6-3-7-13-27/h2-15,23,35,37H,16-22,24H2,1H3. The number of benzene rings is 3. The molecule has 0 atom stereocenters. The van der Waals surface area contributed by atoms with Gasteiger partial charge in [0.05, 0.1) is 41.7 Å². The normalized spacial score (nSPS) is 16.3. The number of hydrogen-bond donors (Lipinski definition) is 2. The van der Waals surface area contributed by atoms with Crippen molar-refractivity contribution in [2.24, 2.45) is 0 Å². The van der Waals surface area contributed by atoms with Crippen molar-refractivity contribution in [3.05, 3.63) is 117 Å². The van der Waals surface area contributed by atoms with E-state index in [1.54, 1.807) is 7.11 Å². The maximum absolute atomic E-state index is 11.2. The lowest BCUT2D eigenvalue weighted by Gasteiger charge is -2.38. The maximum Gasteiger partial charge on any atom is 0.0920 e. The molecule has 7 heteroatoms. The second kappa shape index (κ2) is 14.7. The molecule has 0 aliphatic carbocycles. The third-order valence-electron chi connectivity index (χ3n) is 7.10. The lowest BCUT2D eigenvalue weighted by molar-refractivity contribution is -0.0253. The van der Waals surface area contributed by atoms with Crippen molar-refractivity contribution in [1.82, 2.24) is 10.4 Å². The summed E-state index contributed by atoms with van der Waals surface area (Å²) in [5.74, 6) is 0. The number of nitrogens with zero attached hydrogens (tertiary/aromatic N) is 1. The SMILES string of the molecule is CONC(COCC=Cc1ccccc1)=C(CCN1CCC(O)(c2ccccc2)CC1)c1ccc(Cl)c(Cl)c1. The summed E-state index contributed by atoms with van der Waals surface area (Å²) in [6.07, 6.45) is 6.18. The molecule has 0 saturated carbocycles. The molecule has 0 radical (unpaired) electrons. The van der Waals surface area contributed by atoms with E-state index >= 15 is 0 Å². The van der Waals surface area contributed by atoms with E-state index in [0.717, 1.165) is 54.0 Å². The zero-order chi connectivity index (χ0) is 27.5. The van der Waals surface area contributed by atoms with E-state index in [0.29, 0.717) is 36.1 Å². The minimum atomic E-state index is -0.774. The van der Waals surface area contributed by atoms with Crippen LogP contribution in [0.3, 0.4) is 0 Å². The van der Waals surface area contributed by atoms with E-state index < -0.39 is 5.60 Å². The first kappa shape index (κ1) is 29.3. The van der Waals surface area contributed by atoms with Crippen LogP contribution in [0.15, 0.2) is 90.6 Å². The number of piperidine rings is 1. The molecule has 39 heavy (non-hydrogen) atoms. The van der Waals surface area contributed by atoms with Crippen LogP contribution in [-0.4, -0.2) is 50.0 Å². The van der Waals surface area contributed by atoms with Crippen LogP contribution in [0.5, 0.6) is 0 Å². The van der Waals surface area contributed by atoms with E-state index in [1.165, 1.54) is 0 Å². The van der Waals surface area contributed by atoms with Gasteiger partial charge >= 0.3 is 0 Å². The third-order valence-corrected chi connectivity index (χ3v) is 7.84. The number of aliphatic hydroxyl groups is 1. The lowest BCUT2D eigenvalue weighted by Crippen LogP contribution is -2.43. The Bertz CT molecular complexity index is 1240. The number of hydrogen-bond acceptors (Lipinski definition) is 5. The summed E-state index contributed by atoms with van der Waals surface area (Å²) in [7, 11) is 1.59. The Kier molecular flexibility index (Phi) is 11.0. The van der Waals surface area contributed by atoms with Crippen LogP contribution in [0.25, 0.3) is 11.6 Å². The van der Waals surface area contributed by atoms with Crippen LogP contribution in [0, 0.1) is 0 Å². The highest BCUT2D eigenvalue weighted by molar-refractivity contribution is 6.42. The molecule has 1 fully saturated rings. The molecule has 1 aliphatic heterocycles. The van der Waals surface area contributed by atoms with Crippen LogP contribution in [0.2, 0.25) is 10.0 Å². The maximum atomic E-state index is 11.2. The third kappa shape index (κ3) is 8.42. The summed E-state index contributed by atoms with van der Waals surface area (Å²) in [6, 6.07) is 25.8. The molecule has 0 amide bonds. The van der Waals surface area contributed by atoms with Crippen molar-refractivity contribution in [1.29, 1.82) is 0 Å². The largest absolute Gasteiger partial charge is 0.385 e. The molecular formula is C32H36Cl2N2O3. The molecule has 0 aromatic heterocycles. The summed E-state index contributed by atoms with van der Waals surface area (Å²) < 4.78 is 6.00. The molecule has 3 aromatic carbocycles. The molecule has 1 aliphatic rings. The predicted octanol–water partition coefficient (Wildman–Crippen LogP) is 6.96. The molecule has 206 valence electrons. The topological polar surface area (TPSA) is 54.0 Å². The highest BCUT2D eigenvalue weighted by Gasteiger charge is 2.33. The Hall–Kier alpha value is -2.64. The van der Waals surface area contributed by atoms with Crippen molar-refractivity contribution in [2.45, 2.75) is 24.9 Å². The van der Waals surface area contributed by atoms with Crippen LogP contribution in [0.4, 0.5) is 0 Å². The van der Waals surface area contributed by atoms with Crippen molar-refractivity contribution in [2.75, 3.05) is 40.0 Å². The first-order valence-electron chi connectivity index (χ1n) is 13.2. The van der Waals surface area contributed by atoms with Gasteiger partial charge in [0.25, 0.3) is 0 Å². The number of nitrogens with one attached hydrogen (secondary N) is 1. The molecule has 4 rings (SSSR count). The van der Waals surface area contributed by atoms with Crippen LogP contribution in [-0.2, 0) is 15.2 Å². The van der Waals surface area contributed by atoms with Crippen molar-refractivity contribution in [3.63, 3.8) is 0 Å². The number of rotatable bonds is 12. The van der Waals surface area contributed by atoms with E-state index in [2.05, 4.69) is 22.5 Å². The number of hydroxylamine groups is 1. The Morgan fingerprint density at radius 3 is 2.33 bits per heavy atom. The van der Waals surface area contributed by atoms with Crippen molar-refractivity contribution in [3.8, 4) is 0 Å². The van der Waals surface area contributed by atoms with Gasteiger partial charge in [-0.3, -0.25) is 10.3 Å². The lowest BCUT2D eigenvalue weighted by atomic mass is 9.84. The fraction of sp³-hybridized carbons (Fsp3) is 0.312. The second-order valence-corrected chi connectivity index (χ2v) is 10.5. The summed E-state index contributed by atoms with van der Waals surface area (Å²) in [6.45, 7) is 3.25. The fourth-order valence-corrected chi connectivity index (χ4v) is 5.18. The average molecular weight is 568 g/mol. The van der Waals surface area contributed by atoms with Gasteiger partial charge < -0.3 is 14.7 Å². The Labute approximate surface area is 241 Å².